The van der Waals surface area contributed by atoms with Crippen LogP contribution in [0.25, 0.3) is 0 Å². The van der Waals surface area contributed by atoms with Gasteiger partial charge >= 0.3 is 0 Å². The number of piperidine rings is 1. The Kier molecular flexibility index (Phi) is 6.39. The summed E-state index contributed by atoms with van der Waals surface area (Å²) in [6.45, 7) is 3.05. The first-order valence-corrected chi connectivity index (χ1v) is 12.9. The molecular weight excluding hydrogens is 400 g/mol. The van der Waals surface area contributed by atoms with Crippen molar-refractivity contribution in [3.63, 3.8) is 0 Å². The van der Waals surface area contributed by atoms with Crippen molar-refractivity contribution in [3.05, 3.63) is 23.8 Å². The fraction of sp³-hybridized carbons (Fsp3) is 0.696. The predicted molar refractivity (Wildman–Crippen MR) is 116 cm³/mol. The lowest BCUT2D eigenvalue weighted by atomic mass is 9.72. The second-order valence-electron chi connectivity index (χ2n) is 9.25. The van der Waals surface area contributed by atoms with Crippen molar-refractivity contribution in [2.24, 2.45) is 11.8 Å². The van der Waals surface area contributed by atoms with Crippen molar-refractivity contribution in [1.29, 1.82) is 0 Å². The second kappa shape index (κ2) is 8.87. The topological polar surface area (TPSA) is 75.7 Å². The van der Waals surface area contributed by atoms with Crippen molar-refractivity contribution in [2.75, 3.05) is 13.7 Å². The highest BCUT2D eigenvalue weighted by Gasteiger charge is 2.40. The molecular formula is C23H34N2O4S. The lowest BCUT2D eigenvalue weighted by molar-refractivity contribution is 0.0217. The number of hydrogen-bond acceptors (Lipinski definition) is 4. The first-order valence-electron chi connectivity index (χ1n) is 11.4. The van der Waals surface area contributed by atoms with Crippen molar-refractivity contribution >= 4 is 15.9 Å². The van der Waals surface area contributed by atoms with Gasteiger partial charge in [-0.3, -0.25) is 4.79 Å². The summed E-state index contributed by atoms with van der Waals surface area (Å²) < 4.78 is 34.3. The van der Waals surface area contributed by atoms with Crippen LogP contribution in [0.3, 0.4) is 0 Å². The number of nitrogens with zero attached hydrogens (tertiary/aromatic N) is 1. The lowest BCUT2D eigenvalue weighted by Crippen LogP contribution is -2.52. The molecule has 3 aliphatic rings. The van der Waals surface area contributed by atoms with Gasteiger partial charge in [-0.05, 0) is 62.1 Å². The van der Waals surface area contributed by atoms with Crippen molar-refractivity contribution in [2.45, 2.75) is 81.7 Å². The number of ether oxygens (including phenoxy) is 1. The molecule has 1 amide bonds. The molecule has 0 spiro atoms. The van der Waals surface area contributed by atoms with Gasteiger partial charge in [-0.15, -0.1) is 0 Å². The molecule has 2 aliphatic carbocycles. The van der Waals surface area contributed by atoms with E-state index in [1.54, 1.807) is 12.1 Å². The van der Waals surface area contributed by atoms with Crippen LogP contribution in [0.15, 0.2) is 23.1 Å². The van der Waals surface area contributed by atoms with Crippen LogP contribution in [0, 0.1) is 11.8 Å². The van der Waals surface area contributed by atoms with E-state index < -0.39 is 10.0 Å². The van der Waals surface area contributed by atoms with Crippen molar-refractivity contribution in [1.82, 2.24) is 9.62 Å². The molecule has 1 saturated heterocycles. The Bertz CT molecular complexity index is 879. The van der Waals surface area contributed by atoms with Crippen LogP contribution in [-0.2, 0) is 10.0 Å². The number of sulfonamides is 1. The minimum absolute atomic E-state index is 0.0364. The molecule has 30 heavy (non-hydrogen) atoms. The number of rotatable bonds is 5. The Labute approximate surface area is 180 Å². The molecule has 6 nitrogen and oxygen atoms in total. The first-order chi connectivity index (χ1) is 14.4. The molecule has 1 N–H and O–H groups in total. The molecule has 3 atom stereocenters. The maximum Gasteiger partial charge on any atom is 0.254 e. The Morgan fingerprint density at radius 1 is 1.07 bits per heavy atom. The van der Waals surface area contributed by atoms with Crippen LogP contribution in [0.2, 0.25) is 0 Å². The highest BCUT2D eigenvalue weighted by atomic mass is 32.2. The van der Waals surface area contributed by atoms with E-state index >= 15 is 0 Å². The molecule has 1 heterocycles. The summed E-state index contributed by atoms with van der Waals surface area (Å²) >= 11 is 0. The Morgan fingerprint density at radius 2 is 1.77 bits per heavy atom. The number of fused-ring (bicyclic) bond motifs is 1. The van der Waals surface area contributed by atoms with Crippen molar-refractivity contribution in [3.8, 4) is 5.75 Å². The Hall–Kier alpha value is -1.60. The largest absolute Gasteiger partial charge is 0.495 e. The fourth-order valence-corrected chi connectivity index (χ4v) is 7.18. The van der Waals surface area contributed by atoms with E-state index in [9.17, 15) is 13.2 Å². The third-order valence-corrected chi connectivity index (χ3v) is 8.92. The number of likely N-dealkylation sites (tertiary alicyclic amines) is 1. The quantitative estimate of drug-likeness (QED) is 0.761. The van der Waals surface area contributed by atoms with Crippen LogP contribution in [0.5, 0.6) is 5.75 Å². The molecule has 0 aromatic heterocycles. The molecule has 3 fully saturated rings. The molecule has 7 heteroatoms. The summed E-state index contributed by atoms with van der Waals surface area (Å²) in [6, 6.07) is 5.06. The summed E-state index contributed by atoms with van der Waals surface area (Å²) in [4.78, 5) is 15.5. The van der Waals surface area contributed by atoms with Crippen LogP contribution in [0.4, 0.5) is 0 Å². The average molecular weight is 435 g/mol. The molecule has 166 valence electrons. The van der Waals surface area contributed by atoms with Gasteiger partial charge in [0.25, 0.3) is 5.91 Å². The Balaban J connectivity index is 1.61. The lowest BCUT2D eigenvalue weighted by Gasteiger charge is -2.47. The third-order valence-electron chi connectivity index (χ3n) is 7.38. The standard InChI is InChI=1S/C23H34N2O4S/c1-16-13-14-25(20-10-6-5-9-19(16)20)23(26)17-11-12-21(29-2)22(15-17)30(27,28)24-18-7-3-4-8-18/h11-12,15-16,18-20,24H,3-10,13-14H2,1-2H3/t16-,19-,20-/m0/s1. The smallest absolute Gasteiger partial charge is 0.254 e. The minimum Gasteiger partial charge on any atom is -0.495 e. The summed E-state index contributed by atoms with van der Waals surface area (Å²) in [6.07, 6.45) is 9.43. The highest BCUT2D eigenvalue weighted by Crippen LogP contribution is 2.39. The van der Waals surface area contributed by atoms with Gasteiger partial charge in [0.05, 0.1) is 7.11 Å². The predicted octanol–water partition coefficient (Wildman–Crippen LogP) is 3.96. The third kappa shape index (κ3) is 4.24. The van der Waals surface area contributed by atoms with Gasteiger partial charge in [0, 0.05) is 24.2 Å². The zero-order valence-electron chi connectivity index (χ0n) is 18.1. The number of amides is 1. The number of nitrogens with one attached hydrogen (secondary N) is 1. The number of methoxy groups -OCH3 is 1. The van der Waals surface area contributed by atoms with Crippen LogP contribution in [0.1, 0.15) is 75.1 Å². The molecule has 2 saturated carbocycles. The van der Waals surface area contributed by atoms with E-state index in [0.29, 0.717) is 17.4 Å². The number of carbonyl (C=O) groups is 1. The van der Waals surface area contributed by atoms with E-state index in [-0.39, 0.29) is 28.6 Å². The number of hydrogen-bond donors (Lipinski definition) is 1. The van der Waals surface area contributed by atoms with E-state index in [1.165, 1.54) is 26.0 Å². The highest BCUT2D eigenvalue weighted by molar-refractivity contribution is 7.89. The first kappa shape index (κ1) is 21.6. The maximum atomic E-state index is 13.5. The normalized spacial score (nSPS) is 27.7. The van der Waals surface area contributed by atoms with E-state index in [1.807, 2.05) is 4.90 Å². The van der Waals surface area contributed by atoms with Crippen LogP contribution < -0.4 is 9.46 Å². The van der Waals surface area contributed by atoms with E-state index in [4.69, 9.17) is 4.74 Å². The van der Waals surface area contributed by atoms with Gasteiger partial charge in [-0.2, -0.15) is 0 Å². The molecule has 1 aromatic rings. The maximum absolute atomic E-state index is 13.5. The zero-order chi connectivity index (χ0) is 21.3. The van der Waals surface area contributed by atoms with Gasteiger partial charge in [-0.25, -0.2) is 13.1 Å². The monoisotopic (exact) mass is 434 g/mol. The van der Waals surface area contributed by atoms with E-state index in [0.717, 1.165) is 51.5 Å². The number of benzene rings is 1. The zero-order valence-corrected chi connectivity index (χ0v) is 18.9. The minimum atomic E-state index is -3.75. The van der Waals surface area contributed by atoms with Gasteiger partial charge in [0.15, 0.2) is 0 Å². The van der Waals surface area contributed by atoms with E-state index in [2.05, 4.69) is 11.6 Å². The summed E-state index contributed by atoms with van der Waals surface area (Å²) in [7, 11) is -2.29. The van der Waals surface area contributed by atoms with Crippen molar-refractivity contribution < 1.29 is 17.9 Å². The van der Waals surface area contributed by atoms with Gasteiger partial charge in [0.1, 0.15) is 10.6 Å². The molecule has 0 unspecified atom stereocenters. The molecule has 4 rings (SSSR count). The summed E-state index contributed by atoms with van der Waals surface area (Å²) in [5, 5.41) is 0. The molecule has 1 aliphatic heterocycles. The molecule has 0 radical (unpaired) electrons. The SMILES string of the molecule is COc1ccc(C(=O)N2CC[C@H](C)[C@@H]3CCCC[C@@H]32)cc1S(=O)(=O)NC1CCCC1. The van der Waals surface area contributed by atoms with Gasteiger partial charge in [-0.1, -0.05) is 32.6 Å². The van der Waals surface area contributed by atoms with Gasteiger partial charge in [0.2, 0.25) is 10.0 Å². The average Bonchev–Trinajstić information content (AvgIpc) is 3.25. The van der Waals surface area contributed by atoms with Gasteiger partial charge < -0.3 is 9.64 Å². The second-order valence-corrected chi connectivity index (χ2v) is 10.9. The molecule has 1 aromatic carbocycles. The summed E-state index contributed by atoms with van der Waals surface area (Å²) in [5.41, 5.74) is 0.432. The summed E-state index contributed by atoms with van der Waals surface area (Å²) in [5.74, 6) is 1.42. The molecule has 0 bridgehead atoms. The Morgan fingerprint density at radius 3 is 2.50 bits per heavy atom. The number of carbonyl (C=O) groups excluding carboxylic acids is 1. The van der Waals surface area contributed by atoms with Crippen LogP contribution >= 0.6 is 0 Å². The fourth-order valence-electron chi connectivity index (χ4n) is 5.68. The van der Waals surface area contributed by atoms with Crippen LogP contribution in [-0.4, -0.2) is 45.0 Å².